The van der Waals surface area contributed by atoms with Crippen LogP contribution in [0, 0.1) is 0 Å². The Kier molecular flexibility index (Phi) is 6.84. The van der Waals surface area contributed by atoms with Crippen molar-refractivity contribution >= 4 is 6.03 Å². The predicted molar refractivity (Wildman–Crippen MR) is 124 cm³/mol. The number of nitrogens with zero attached hydrogens (tertiary/aromatic N) is 3. The van der Waals surface area contributed by atoms with Gasteiger partial charge in [-0.1, -0.05) is 0 Å². The molecule has 1 fully saturated rings. The van der Waals surface area contributed by atoms with E-state index in [4.69, 9.17) is 23.7 Å². The normalized spacial score (nSPS) is 14.2. The number of oxazole rings is 1. The van der Waals surface area contributed by atoms with E-state index in [9.17, 15) is 4.79 Å². The molecule has 0 spiro atoms. The first-order valence-corrected chi connectivity index (χ1v) is 10.9. The second-order valence-electron chi connectivity index (χ2n) is 7.91. The van der Waals surface area contributed by atoms with Crippen molar-refractivity contribution in [1.29, 1.82) is 0 Å². The van der Waals surface area contributed by atoms with Crippen LogP contribution in [0.25, 0.3) is 22.6 Å². The van der Waals surface area contributed by atoms with Crippen LogP contribution in [0.2, 0.25) is 0 Å². The van der Waals surface area contributed by atoms with Crippen LogP contribution in [-0.2, 0) is 4.84 Å². The van der Waals surface area contributed by atoms with Crippen LogP contribution in [0.4, 0.5) is 4.79 Å². The van der Waals surface area contributed by atoms with Crippen LogP contribution in [0.3, 0.4) is 0 Å². The summed E-state index contributed by atoms with van der Waals surface area (Å²) in [4.78, 5) is 24.1. The lowest BCUT2D eigenvalue weighted by atomic mass is 9.97. The summed E-state index contributed by atoms with van der Waals surface area (Å²) < 4.78 is 17.0. The summed E-state index contributed by atoms with van der Waals surface area (Å²) in [6, 6.07) is 15.4. The molecule has 0 saturated carbocycles. The Labute approximate surface area is 193 Å². The molecule has 1 aromatic heterocycles. The summed E-state index contributed by atoms with van der Waals surface area (Å²) >= 11 is 0. The highest BCUT2D eigenvalue weighted by Crippen LogP contribution is 2.38. The monoisotopic (exact) mass is 451 g/mol. The van der Waals surface area contributed by atoms with Gasteiger partial charge in [-0.3, -0.25) is 4.84 Å². The summed E-state index contributed by atoms with van der Waals surface area (Å²) in [7, 11) is 6.39. The van der Waals surface area contributed by atoms with Gasteiger partial charge in [0.25, 0.3) is 0 Å². The van der Waals surface area contributed by atoms with E-state index in [-0.39, 0.29) is 11.9 Å². The Morgan fingerprint density at radius 1 is 0.939 bits per heavy atom. The topological polar surface area (TPSA) is 77.3 Å². The SMILES string of the molecule is COc1ccc(-c2nc(C3CCN(C(=O)N(C)OC)CC3)oc2-c2ccc(OC)cc2)cc1. The molecule has 174 valence electrons. The molecule has 8 heteroatoms. The number of piperidine rings is 1. The van der Waals surface area contributed by atoms with Gasteiger partial charge in [-0.15, -0.1) is 0 Å². The van der Waals surface area contributed by atoms with Gasteiger partial charge < -0.3 is 18.8 Å². The van der Waals surface area contributed by atoms with Crippen LogP contribution < -0.4 is 9.47 Å². The van der Waals surface area contributed by atoms with Gasteiger partial charge in [0.05, 0.1) is 21.3 Å². The van der Waals surface area contributed by atoms with E-state index in [1.54, 1.807) is 26.2 Å². The largest absolute Gasteiger partial charge is 0.497 e. The lowest BCUT2D eigenvalue weighted by Crippen LogP contribution is -2.44. The summed E-state index contributed by atoms with van der Waals surface area (Å²) in [6.45, 7) is 1.24. The molecule has 2 aromatic carbocycles. The Bertz CT molecular complexity index is 1010. The molecule has 0 aliphatic carbocycles. The van der Waals surface area contributed by atoms with Gasteiger partial charge in [0.2, 0.25) is 0 Å². The maximum atomic E-state index is 12.4. The van der Waals surface area contributed by atoms with Crippen molar-refractivity contribution < 1.29 is 23.5 Å². The van der Waals surface area contributed by atoms with Crippen molar-refractivity contribution in [3.8, 4) is 34.1 Å². The van der Waals surface area contributed by atoms with E-state index in [2.05, 4.69) is 0 Å². The molecule has 3 aromatic rings. The second kappa shape index (κ2) is 9.95. The Morgan fingerprint density at radius 3 is 2.00 bits per heavy atom. The molecule has 2 amide bonds. The predicted octanol–water partition coefficient (Wildman–Crippen LogP) is 4.82. The van der Waals surface area contributed by atoms with Crippen molar-refractivity contribution in [2.75, 3.05) is 41.5 Å². The lowest BCUT2D eigenvalue weighted by Gasteiger charge is -2.32. The number of carbonyl (C=O) groups excluding carboxylic acids is 1. The molecule has 4 rings (SSSR count). The van der Waals surface area contributed by atoms with Gasteiger partial charge in [0, 0.05) is 37.2 Å². The van der Waals surface area contributed by atoms with Crippen LogP contribution >= 0.6 is 0 Å². The zero-order valence-electron chi connectivity index (χ0n) is 19.4. The first-order valence-electron chi connectivity index (χ1n) is 10.9. The number of ether oxygens (including phenoxy) is 2. The zero-order chi connectivity index (χ0) is 23.4. The van der Waals surface area contributed by atoms with Crippen molar-refractivity contribution in [3.05, 3.63) is 54.4 Å². The Morgan fingerprint density at radius 2 is 1.48 bits per heavy atom. The maximum Gasteiger partial charge on any atom is 0.343 e. The van der Waals surface area contributed by atoms with Gasteiger partial charge in [-0.2, -0.15) is 0 Å². The van der Waals surface area contributed by atoms with Crippen molar-refractivity contribution in [2.45, 2.75) is 18.8 Å². The second-order valence-corrected chi connectivity index (χ2v) is 7.91. The minimum absolute atomic E-state index is 0.130. The molecular formula is C25H29N3O5. The van der Waals surface area contributed by atoms with Gasteiger partial charge >= 0.3 is 6.03 Å². The van der Waals surface area contributed by atoms with Crippen LogP contribution in [0.15, 0.2) is 52.9 Å². The van der Waals surface area contributed by atoms with E-state index in [1.165, 1.54) is 12.2 Å². The Hall–Kier alpha value is -3.52. The minimum Gasteiger partial charge on any atom is -0.497 e. The molecule has 8 nitrogen and oxygen atoms in total. The number of urea groups is 1. The van der Waals surface area contributed by atoms with Crippen LogP contribution in [0.5, 0.6) is 11.5 Å². The molecule has 1 aliphatic heterocycles. The number of amides is 2. The summed E-state index contributed by atoms with van der Waals surface area (Å²) in [5, 5.41) is 1.25. The molecule has 2 heterocycles. The van der Waals surface area contributed by atoms with Crippen LogP contribution in [-0.4, -0.2) is 62.4 Å². The molecule has 0 unspecified atom stereocenters. The third kappa shape index (κ3) is 4.80. The van der Waals surface area contributed by atoms with Gasteiger partial charge in [0.1, 0.15) is 17.2 Å². The Balaban J connectivity index is 1.62. The molecule has 1 aliphatic rings. The van der Waals surface area contributed by atoms with Gasteiger partial charge in [-0.05, 0) is 61.4 Å². The van der Waals surface area contributed by atoms with Crippen molar-refractivity contribution in [1.82, 2.24) is 14.9 Å². The molecule has 33 heavy (non-hydrogen) atoms. The number of benzene rings is 2. The molecular weight excluding hydrogens is 422 g/mol. The smallest absolute Gasteiger partial charge is 0.343 e. The molecule has 1 saturated heterocycles. The third-order valence-electron chi connectivity index (χ3n) is 6.02. The summed E-state index contributed by atoms with van der Waals surface area (Å²) in [5.41, 5.74) is 2.66. The van der Waals surface area contributed by atoms with E-state index >= 15 is 0 Å². The number of hydroxylamine groups is 2. The fourth-order valence-electron chi connectivity index (χ4n) is 3.99. The highest BCUT2D eigenvalue weighted by molar-refractivity contribution is 5.77. The quantitative estimate of drug-likeness (QED) is 0.500. The molecule has 0 bridgehead atoms. The lowest BCUT2D eigenvalue weighted by molar-refractivity contribution is -0.0773. The molecule has 0 atom stereocenters. The number of aromatic nitrogens is 1. The number of carbonyl (C=O) groups is 1. The number of hydrogen-bond acceptors (Lipinski definition) is 6. The summed E-state index contributed by atoms with van der Waals surface area (Å²) in [6.07, 6.45) is 1.54. The average molecular weight is 452 g/mol. The summed E-state index contributed by atoms with van der Waals surface area (Å²) in [5.74, 6) is 3.11. The maximum absolute atomic E-state index is 12.4. The third-order valence-corrected chi connectivity index (χ3v) is 6.02. The van der Waals surface area contributed by atoms with Crippen LogP contribution in [0.1, 0.15) is 24.7 Å². The number of rotatable bonds is 6. The van der Waals surface area contributed by atoms with E-state index < -0.39 is 0 Å². The van der Waals surface area contributed by atoms with Gasteiger partial charge in [0.15, 0.2) is 11.7 Å². The molecule has 0 N–H and O–H groups in total. The molecule has 0 radical (unpaired) electrons. The van der Waals surface area contributed by atoms with E-state index in [0.717, 1.165) is 46.9 Å². The zero-order valence-corrected chi connectivity index (χ0v) is 19.4. The highest BCUT2D eigenvalue weighted by Gasteiger charge is 2.30. The van der Waals surface area contributed by atoms with E-state index in [0.29, 0.717) is 19.0 Å². The minimum atomic E-state index is -0.138. The fourth-order valence-corrected chi connectivity index (χ4v) is 3.99. The van der Waals surface area contributed by atoms with Crippen molar-refractivity contribution in [2.24, 2.45) is 0 Å². The number of hydrogen-bond donors (Lipinski definition) is 0. The first kappa shape index (κ1) is 22.7. The fraction of sp³-hybridized carbons (Fsp3) is 0.360. The van der Waals surface area contributed by atoms with Gasteiger partial charge in [-0.25, -0.2) is 14.8 Å². The average Bonchev–Trinajstić information content (AvgIpc) is 3.33. The highest BCUT2D eigenvalue weighted by atomic mass is 16.7. The number of methoxy groups -OCH3 is 2. The number of likely N-dealkylation sites (tertiary alicyclic amines) is 1. The van der Waals surface area contributed by atoms with E-state index in [1.807, 2.05) is 48.5 Å². The first-order chi connectivity index (χ1) is 16.0. The van der Waals surface area contributed by atoms with Crippen molar-refractivity contribution in [3.63, 3.8) is 0 Å². The standard InChI is InChI=1S/C25H29N3O5/c1-27(32-4)25(29)28-15-13-19(14-16-28)24-26-22(17-5-9-20(30-2)10-6-17)23(33-24)18-7-11-21(31-3)12-8-18/h5-12,19H,13-16H2,1-4H3.